The third kappa shape index (κ3) is 7.29. The van der Waals surface area contributed by atoms with Gasteiger partial charge in [-0.25, -0.2) is 0 Å². The highest BCUT2D eigenvalue weighted by Crippen LogP contribution is 2.26. The van der Waals surface area contributed by atoms with Crippen molar-refractivity contribution in [2.75, 3.05) is 0 Å². The minimum atomic E-state index is -0.361. The van der Waals surface area contributed by atoms with Crippen LogP contribution in [0.25, 0.3) is 11.1 Å². The van der Waals surface area contributed by atoms with E-state index in [-0.39, 0.29) is 17.1 Å². The first kappa shape index (κ1) is 26.2. The number of carbonyl (C=O) groups is 2. The minimum Gasteiger partial charge on any atom is -0.388 e. The molecule has 1 fully saturated rings. The predicted octanol–water partition coefficient (Wildman–Crippen LogP) is 7.19. The lowest BCUT2D eigenvalue weighted by Crippen LogP contribution is -2.32. The normalized spacial score (nSPS) is 14.6. The lowest BCUT2D eigenvalue weighted by molar-refractivity contribution is 0.103. The Morgan fingerprint density at radius 1 is 0.730 bits per heavy atom. The van der Waals surface area contributed by atoms with Crippen molar-refractivity contribution < 1.29 is 9.59 Å². The Kier molecular flexibility index (Phi) is 8.73. The van der Waals surface area contributed by atoms with Gasteiger partial charge in [0.15, 0.2) is 11.6 Å². The number of hydrogen-bond acceptors (Lipinski definition) is 4. The molecule has 4 rings (SSSR count). The van der Waals surface area contributed by atoms with Gasteiger partial charge in [0.2, 0.25) is 0 Å². The van der Waals surface area contributed by atoms with Crippen molar-refractivity contribution in [2.24, 2.45) is 0 Å². The van der Waals surface area contributed by atoms with Crippen molar-refractivity contribution in [3.8, 4) is 11.1 Å². The van der Waals surface area contributed by atoms with Gasteiger partial charge in [-0.1, -0.05) is 92.1 Å². The molecule has 0 heterocycles. The second-order valence-corrected chi connectivity index (χ2v) is 10.2. The summed E-state index contributed by atoms with van der Waals surface area (Å²) in [6, 6.07) is 25.8. The summed E-state index contributed by atoms with van der Waals surface area (Å²) in [7, 11) is 0. The first-order valence-corrected chi connectivity index (χ1v) is 13.1. The van der Waals surface area contributed by atoms with E-state index in [0.29, 0.717) is 17.2 Å². The number of hydrogen-bond donors (Lipinski definition) is 2. The lowest BCUT2D eigenvalue weighted by atomic mass is 9.92. The molecule has 0 saturated heterocycles. The molecular weight excluding hydrogens is 456 g/mol. The zero-order chi connectivity index (χ0) is 26.1. The second kappa shape index (κ2) is 12.4. The van der Waals surface area contributed by atoms with E-state index >= 15 is 0 Å². The molecule has 2 N–H and O–H groups in total. The van der Waals surface area contributed by atoms with Crippen LogP contribution in [0.1, 0.15) is 72.2 Å². The maximum Gasteiger partial charge on any atom is 0.187 e. The fraction of sp³-hybridized carbons (Fsp3) is 0.273. The highest BCUT2D eigenvalue weighted by atomic mass is 16.1. The number of benzene rings is 3. The Labute approximate surface area is 220 Å². The SMILES string of the molecule is CC(C)(N/C=C\C(=O)c1ccccc1)c1ccc(-c2cccc(C(=O)/C=C\NC3CCCCC3)c2)cc1. The van der Waals surface area contributed by atoms with Crippen molar-refractivity contribution >= 4 is 11.6 Å². The number of rotatable bonds is 10. The van der Waals surface area contributed by atoms with Gasteiger partial charge in [0.05, 0.1) is 5.54 Å². The van der Waals surface area contributed by atoms with Crippen molar-refractivity contribution in [1.82, 2.24) is 10.6 Å². The maximum atomic E-state index is 12.7. The van der Waals surface area contributed by atoms with Crippen LogP contribution in [0.5, 0.6) is 0 Å². The van der Waals surface area contributed by atoms with Crippen LogP contribution in [0.2, 0.25) is 0 Å². The van der Waals surface area contributed by atoms with Gasteiger partial charge in [0.25, 0.3) is 0 Å². The van der Waals surface area contributed by atoms with Crippen LogP contribution in [-0.2, 0) is 5.54 Å². The van der Waals surface area contributed by atoms with Gasteiger partial charge in [-0.3, -0.25) is 9.59 Å². The summed E-state index contributed by atoms with van der Waals surface area (Å²) in [4.78, 5) is 25.0. The molecule has 0 amide bonds. The van der Waals surface area contributed by atoms with E-state index in [1.165, 1.54) is 32.1 Å². The Hall–Kier alpha value is -3.92. The second-order valence-electron chi connectivity index (χ2n) is 10.2. The van der Waals surface area contributed by atoms with Crippen LogP contribution < -0.4 is 10.6 Å². The fourth-order valence-electron chi connectivity index (χ4n) is 4.66. The van der Waals surface area contributed by atoms with E-state index in [1.54, 1.807) is 18.4 Å². The number of nitrogens with one attached hydrogen (secondary N) is 2. The Bertz CT molecular complexity index is 1250. The monoisotopic (exact) mass is 492 g/mol. The molecule has 0 aliphatic heterocycles. The van der Waals surface area contributed by atoms with E-state index in [9.17, 15) is 9.59 Å². The summed E-state index contributed by atoms with van der Waals surface area (Å²) < 4.78 is 0. The molecule has 3 aromatic carbocycles. The number of allylic oxidation sites excluding steroid dienone is 2. The average Bonchev–Trinajstić information content (AvgIpc) is 2.94. The molecule has 4 nitrogen and oxygen atoms in total. The third-order valence-electron chi connectivity index (χ3n) is 7.00. The van der Waals surface area contributed by atoms with Crippen LogP contribution in [0.4, 0.5) is 0 Å². The Balaban J connectivity index is 1.37. The summed E-state index contributed by atoms with van der Waals surface area (Å²) >= 11 is 0. The summed E-state index contributed by atoms with van der Waals surface area (Å²) in [5.41, 5.74) is 4.13. The van der Waals surface area contributed by atoms with E-state index < -0.39 is 0 Å². The molecule has 0 unspecified atom stereocenters. The van der Waals surface area contributed by atoms with Gasteiger partial charge >= 0.3 is 0 Å². The van der Waals surface area contributed by atoms with Crippen molar-refractivity contribution in [3.63, 3.8) is 0 Å². The molecule has 0 aromatic heterocycles. The zero-order valence-electron chi connectivity index (χ0n) is 21.7. The topological polar surface area (TPSA) is 58.2 Å². The van der Waals surface area contributed by atoms with Gasteiger partial charge in [-0.2, -0.15) is 0 Å². The smallest absolute Gasteiger partial charge is 0.187 e. The zero-order valence-corrected chi connectivity index (χ0v) is 21.7. The largest absolute Gasteiger partial charge is 0.388 e. The van der Waals surface area contributed by atoms with E-state index in [0.717, 1.165) is 16.7 Å². The molecular formula is C33H36N2O2. The minimum absolute atomic E-state index is 0.00366. The van der Waals surface area contributed by atoms with Gasteiger partial charge in [-0.15, -0.1) is 0 Å². The number of carbonyl (C=O) groups excluding carboxylic acids is 2. The maximum absolute atomic E-state index is 12.7. The summed E-state index contributed by atoms with van der Waals surface area (Å²) in [5, 5.41) is 6.73. The van der Waals surface area contributed by atoms with Crippen molar-refractivity contribution in [2.45, 2.75) is 57.5 Å². The van der Waals surface area contributed by atoms with E-state index in [4.69, 9.17) is 0 Å². The summed E-state index contributed by atoms with van der Waals surface area (Å²) in [6.07, 6.45) is 12.9. The Morgan fingerprint density at radius 3 is 2.11 bits per heavy atom. The molecule has 0 bridgehead atoms. The first-order valence-electron chi connectivity index (χ1n) is 13.1. The molecule has 190 valence electrons. The molecule has 1 saturated carbocycles. The molecule has 0 spiro atoms. The van der Waals surface area contributed by atoms with Crippen LogP contribution in [0.3, 0.4) is 0 Å². The van der Waals surface area contributed by atoms with Crippen LogP contribution in [-0.4, -0.2) is 17.6 Å². The molecule has 1 aliphatic carbocycles. The van der Waals surface area contributed by atoms with E-state index in [1.807, 2.05) is 60.8 Å². The molecule has 1 aliphatic rings. The molecule has 4 heteroatoms. The quantitative estimate of drug-likeness (QED) is 0.232. The predicted molar refractivity (Wildman–Crippen MR) is 151 cm³/mol. The van der Waals surface area contributed by atoms with Crippen LogP contribution in [0, 0.1) is 0 Å². The Morgan fingerprint density at radius 2 is 1.38 bits per heavy atom. The van der Waals surface area contributed by atoms with Gasteiger partial charge in [-0.05, 0) is 49.4 Å². The van der Waals surface area contributed by atoms with Gasteiger partial charge < -0.3 is 10.6 Å². The lowest BCUT2D eigenvalue weighted by Gasteiger charge is -2.26. The highest BCUT2D eigenvalue weighted by molar-refractivity contribution is 6.05. The molecule has 0 radical (unpaired) electrons. The summed E-state index contributed by atoms with van der Waals surface area (Å²) in [5.74, 6) is -0.0303. The average molecular weight is 493 g/mol. The van der Waals surface area contributed by atoms with Crippen molar-refractivity contribution in [1.29, 1.82) is 0 Å². The molecule has 37 heavy (non-hydrogen) atoms. The van der Waals surface area contributed by atoms with Crippen molar-refractivity contribution in [3.05, 3.63) is 120 Å². The number of ketones is 2. The van der Waals surface area contributed by atoms with E-state index in [2.05, 4.69) is 48.7 Å². The standard InChI is InChI=1S/C33H36N2O2/c1-33(2,35-23-21-31(36)26-10-5-3-6-11-26)29-18-16-25(17-19-29)27-12-9-13-28(24-27)32(37)20-22-34-30-14-7-4-8-15-30/h3,5-6,9-13,16-24,30,34-35H,4,7-8,14-15H2,1-2H3/b22-20-,23-21-. The van der Waals surface area contributed by atoms with Gasteiger partial charge in [0, 0.05) is 41.7 Å². The van der Waals surface area contributed by atoms with Crippen LogP contribution >= 0.6 is 0 Å². The first-order chi connectivity index (χ1) is 17.9. The van der Waals surface area contributed by atoms with Gasteiger partial charge in [0.1, 0.15) is 0 Å². The third-order valence-corrected chi connectivity index (χ3v) is 7.00. The van der Waals surface area contributed by atoms with Crippen LogP contribution in [0.15, 0.2) is 103 Å². The molecule has 3 aromatic rings. The summed E-state index contributed by atoms with van der Waals surface area (Å²) in [6.45, 7) is 4.15. The fourth-order valence-corrected chi connectivity index (χ4v) is 4.66. The highest BCUT2D eigenvalue weighted by Gasteiger charge is 2.18. The molecule has 0 atom stereocenters.